The Labute approximate surface area is 128 Å². The lowest BCUT2D eigenvalue weighted by Crippen LogP contribution is -2.38. The molecule has 0 aromatic carbocycles. The lowest BCUT2D eigenvalue weighted by Gasteiger charge is -2.26. The minimum Gasteiger partial charge on any atom is -0.481 e. The summed E-state index contributed by atoms with van der Waals surface area (Å²) in [7, 11) is 0. The number of amides is 1. The van der Waals surface area contributed by atoms with Gasteiger partial charge >= 0.3 is 5.97 Å². The number of carbonyl (C=O) groups excluding carboxylic acids is 1. The third kappa shape index (κ3) is 4.90. The molecular weight excluding hydrogens is 296 g/mol. The summed E-state index contributed by atoms with van der Waals surface area (Å²) in [5, 5.41) is 9.00. The second-order valence-corrected chi connectivity index (χ2v) is 5.09. The number of carboxylic acid groups (broad SMARTS) is 1. The molecule has 7 heteroatoms. The van der Waals surface area contributed by atoms with Gasteiger partial charge in [-0.25, -0.2) is 4.98 Å². The largest absolute Gasteiger partial charge is 0.481 e. The first-order valence-electron chi connectivity index (χ1n) is 6.67. The fraction of sp³-hybridized carbons (Fsp3) is 0.500. The zero-order chi connectivity index (χ0) is 16.0. The Bertz CT molecular complexity index is 520. The average molecular weight is 315 g/mol. The molecule has 0 saturated carbocycles. The minimum atomic E-state index is -0.948. The second-order valence-electron chi connectivity index (χ2n) is 4.68. The number of pyridine rings is 1. The Morgan fingerprint density at radius 3 is 2.62 bits per heavy atom. The van der Waals surface area contributed by atoms with Crippen LogP contribution >= 0.6 is 11.6 Å². The molecule has 0 fully saturated rings. The van der Waals surface area contributed by atoms with Crippen LogP contribution in [0, 0.1) is 0 Å². The summed E-state index contributed by atoms with van der Waals surface area (Å²) >= 11 is 6.01. The van der Waals surface area contributed by atoms with Crippen molar-refractivity contribution in [3.8, 4) is 5.88 Å². The van der Waals surface area contributed by atoms with E-state index in [1.807, 2.05) is 20.8 Å². The molecule has 0 aliphatic rings. The second kappa shape index (κ2) is 7.83. The van der Waals surface area contributed by atoms with Crippen molar-refractivity contribution >= 4 is 23.5 Å². The molecule has 0 saturated heterocycles. The van der Waals surface area contributed by atoms with Gasteiger partial charge in [-0.1, -0.05) is 11.6 Å². The van der Waals surface area contributed by atoms with Gasteiger partial charge in [-0.15, -0.1) is 0 Å². The molecule has 0 radical (unpaired) electrons. The van der Waals surface area contributed by atoms with Gasteiger partial charge in [0.15, 0.2) is 0 Å². The van der Waals surface area contributed by atoms with E-state index in [-0.39, 0.29) is 35.8 Å². The number of nitrogens with zero attached hydrogens (tertiary/aromatic N) is 2. The number of rotatable bonds is 7. The van der Waals surface area contributed by atoms with Crippen molar-refractivity contribution in [2.24, 2.45) is 0 Å². The normalized spacial score (nSPS) is 10.5. The van der Waals surface area contributed by atoms with Gasteiger partial charge < -0.3 is 14.7 Å². The fourth-order valence-corrected chi connectivity index (χ4v) is 1.98. The lowest BCUT2D eigenvalue weighted by atomic mass is 10.2. The highest BCUT2D eigenvalue weighted by Crippen LogP contribution is 2.23. The van der Waals surface area contributed by atoms with Crippen LogP contribution in [0.5, 0.6) is 5.88 Å². The zero-order valence-corrected chi connectivity index (χ0v) is 13.1. The predicted octanol–water partition coefficient (Wildman–Crippen LogP) is 2.46. The van der Waals surface area contributed by atoms with Gasteiger partial charge in [-0.05, 0) is 26.8 Å². The van der Waals surface area contributed by atoms with E-state index in [0.29, 0.717) is 12.2 Å². The van der Waals surface area contributed by atoms with Gasteiger partial charge in [0.1, 0.15) is 5.02 Å². The van der Waals surface area contributed by atoms with Gasteiger partial charge in [0.25, 0.3) is 5.91 Å². The highest BCUT2D eigenvalue weighted by molar-refractivity contribution is 6.32. The zero-order valence-electron chi connectivity index (χ0n) is 12.3. The summed E-state index contributed by atoms with van der Waals surface area (Å²) in [6.07, 6.45) is 1.28. The van der Waals surface area contributed by atoms with E-state index in [0.717, 1.165) is 0 Å². The van der Waals surface area contributed by atoms with Crippen molar-refractivity contribution < 1.29 is 19.4 Å². The Morgan fingerprint density at radius 2 is 2.14 bits per heavy atom. The molecule has 0 spiro atoms. The van der Waals surface area contributed by atoms with Gasteiger partial charge in [-0.2, -0.15) is 0 Å². The SMILES string of the molecule is CCOc1ncc(C(=O)N(CCC(=O)O)C(C)C)cc1Cl. The molecular formula is C14H19ClN2O4. The Hall–Kier alpha value is -1.82. The molecule has 0 unspecified atom stereocenters. The molecule has 1 aromatic rings. The maximum Gasteiger partial charge on any atom is 0.305 e. The van der Waals surface area contributed by atoms with Crippen LogP contribution in [-0.4, -0.2) is 46.1 Å². The molecule has 116 valence electrons. The van der Waals surface area contributed by atoms with E-state index in [2.05, 4.69) is 4.98 Å². The van der Waals surface area contributed by atoms with E-state index in [1.54, 1.807) is 0 Å². The molecule has 6 nitrogen and oxygen atoms in total. The van der Waals surface area contributed by atoms with Crippen molar-refractivity contribution in [1.29, 1.82) is 0 Å². The van der Waals surface area contributed by atoms with E-state index in [1.165, 1.54) is 17.2 Å². The molecule has 21 heavy (non-hydrogen) atoms. The first-order valence-corrected chi connectivity index (χ1v) is 7.05. The Balaban J connectivity index is 2.93. The monoisotopic (exact) mass is 314 g/mol. The highest BCUT2D eigenvalue weighted by Gasteiger charge is 2.21. The van der Waals surface area contributed by atoms with E-state index in [9.17, 15) is 9.59 Å². The quantitative estimate of drug-likeness (QED) is 0.836. The number of aromatic nitrogens is 1. The summed E-state index contributed by atoms with van der Waals surface area (Å²) < 4.78 is 5.21. The molecule has 1 N–H and O–H groups in total. The summed E-state index contributed by atoms with van der Waals surface area (Å²) in [4.78, 5) is 28.6. The Morgan fingerprint density at radius 1 is 1.48 bits per heavy atom. The summed E-state index contributed by atoms with van der Waals surface area (Å²) in [6.45, 7) is 6.02. The first kappa shape index (κ1) is 17.2. The lowest BCUT2D eigenvalue weighted by molar-refractivity contribution is -0.137. The van der Waals surface area contributed by atoms with Crippen molar-refractivity contribution in [2.75, 3.05) is 13.2 Å². The van der Waals surface area contributed by atoms with Crippen LogP contribution in [0.1, 0.15) is 37.6 Å². The van der Waals surface area contributed by atoms with Crippen molar-refractivity contribution in [3.05, 3.63) is 22.8 Å². The number of hydrogen-bond acceptors (Lipinski definition) is 4. The summed E-state index contributed by atoms with van der Waals surface area (Å²) in [5.74, 6) is -0.975. The molecule has 1 aromatic heterocycles. The first-order chi connectivity index (χ1) is 9.86. The highest BCUT2D eigenvalue weighted by atomic mass is 35.5. The molecule has 1 rings (SSSR count). The fourth-order valence-electron chi connectivity index (χ4n) is 1.76. The number of halogens is 1. The predicted molar refractivity (Wildman–Crippen MR) is 78.8 cm³/mol. The van der Waals surface area contributed by atoms with Crippen molar-refractivity contribution in [1.82, 2.24) is 9.88 Å². The third-order valence-corrected chi connectivity index (χ3v) is 3.06. The number of carboxylic acids is 1. The molecule has 0 aliphatic heterocycles. The van der Waals surface area contributed by atoms with Crippen LogP contribution in [0.25, 0.3) is 0 Å². The number of ether oxygens (including phenoxy) is 1. The van der Waals surface area contributed by atoms with E-state index >= 15 is 0 Å². The molecule has 0 bridgehead atoms. The van der Waals surface area contributed by atoms with Crippen molar-refractivity contribution in [3.63, 3.8) is 0 Å². The molecule has 1 amide bonds. The summed E-state index contributed by atoms with van der Waals surface area (Å²) in [5.41, 5.74) is 0.308. The maximum atomic E-state index is 12.4. The summed E-state index contributed by atoms with van der Waals surface area (Å²) in [6, 6.07) is 1.36. The maximum absolute atomic E-state index is 12.4. The van der Waals surface area contributed by atoms with Gasteiger partial charge in [0, 0.05) is 18.8 Å². The number of carbonyl (C=O) groups is 2. The van der Waals surface area contributed by atoms with Crippen LogP contribution in [0.15, 0.2) is 12.3 Å². The van der Waals surface area contributed by atoms with Gasteiger partial charge in [-0.3, -0.25) is 9.59 Å². The van der Waals surface area contributed by atoms with Crippen LogP contribution in [0.3, 0.4) is 0 Å². The third-order valence-electron chi connectivity index (χ3n) is 2.79. The Kier molecular flexibility index (Phi) is 6.42. The number of aliphatic carboxylic acids is 1. The molecule has 1 heterocycles. The minimum absolute atomic E-state index is 0.109. The van der Waals surface area contributed by atoms with Crippen LogP contribution < -0.4 is 4.74 Å². The van der Waals surface area contributed by atoms with Crippen molar-refractivity contribution in [2.45, 2.75) is 33.2 Å². The van der Waals surface area contributed by atoms with Crippen LogP contribution in [0.2, 0.25) is 5.02 Å². The van der Waals surface area contributed by atoms with Crippen LogP contribution in [0.4, 0.5) is 0 Å². The van der Waals surface area contributed by atoms with Crippen LogP contribution in [-0.2, 0) is 4.79 Å². The molecule has 0 aliphatic carbocycles. The number of hydrogen-bond donors (Lipinski definition) is 1. The topological polar surface area (TPSA) is 79.7 Å². The van der Waals surface area contributed by atoms with E-state index in [4.69, 9.17) is 21.4 Å². The average Bonchev–Trinajstić information content (AvgIpc) is 2.40. The van der Waals surface area contributed by atoms with E-state index < -0.39 is 5.97 Å². The smallest absolute Gasteiger partial charge is 0.305 e. The van der Waals surface area contributed by atoms with Gasteiger partial charge in [0.2, 0.25) is 5.88 Å². The standard InChI is InChI=1S/C14H19ClN2O4/c1-4-21-13-11(15)7-10(8-16-13)14(20)17(9(2)3)6-5-12(18)19/h7-9H,4-6H2,1-3H3,(H,18,19). The molecule has 0 atom stereocenters. The van der Waals surface area contributed by atoms with Gasteiger partial charge in [0.05, 0.1) is 18.6 Å².